The van der Waals surface area contributed by atoms with Crippen LogP contribution in [-0.4, -0.2) is 40.9 Å². The predicted molar refractivity (Wildman–Crippen MR) is 68.2 cm³/mol. The average Bonchev–Trinajstić information content (AvgIpc) is 2.55. The molecule has 0 aliphatic heterocycles. The molecule has 0 bridgehead atoms. The number of nitrogens with zero attached hydrogens (tertiary/aromatic N) is 2. The molecule has 1 heterocycles. The summed E-state index contributed by atoms with van der Waals surface area (Å²) in [6.07, 6.45) is 3.09. The van der Waals surface area contributed by atoms with Crippen LogP contribution in [-0.2, 0) is 16.4 Å². The molecule has 0 saturated heterocycles. The quantitative estimate of drug-likeness (QED) is 0.735. The van der Waals surface area contributed by atoms with Gasteiger partial charge in [0.2, 0.25) is 0 Å². The minimum atomic E-state index is -2.96. The van der Waals surface area contributed by atoms with Crippen molar-refractivity contribution in [3.8, 4) is 0 Å². The zero-order valence-corrected chi connectivity index (χ0v) is 11.6. The van der Waals surface area contributed by atoms with Crippen molar-refractivity contribution >= 4 is 21.6 Å². The lowest BCUT2D eigenvalue weighted by Gasteiger charge is -2.03. The molecule has 98 valence electrons. The van der Waals surface area contributed by atoms with Crippen LogP contribution in [0, 0.1) is 0 Å². The Kier molecular flexibility index (Phi) is 5.26. The highest BCUT2D eigenvalue weighted by Crippen LogP contribution is 2.13. The van der Waals surface area contributed by atoms with E-state index in [4.69, 9.17) is 0 Å². The van der Waals surface area contributed by atoms with Crippen LogP contribution in [0.3, 0.4) is 0 Å². The summed E-state index contributed by atoms with van der Waals surface area (Å²) in [5.74, 6) is 0.502. The lowest BCUT2D eigenvalue weighted by atomic mass is 10.3. The summed E-state index contributed by atoms with van der Waals surface area (Å²) < 4.78 is 23.5. The van der Waals surface area contributed by atoms with Gasteiger partial charge in [0.05, 0.1) is 5.75 Å². The van der Waals surface area contributed by atoms with E-state index in [1.54, 1.807) is 4.57 Å². The molecule has 6 nitrogen and oxygen atoms in total. The van der Waals surface area contributed by atoms with Gasteiger partial charge in [-0.15, -0.1) is 5.10 Å². The van der Waals surface area contributed by atoms with E-state index in [1.807, 2.05) is 6.92 Å². The van der Waals surface area contributed by atoms with Crippen molar-refractivity contribution in [2.24, 2.45) is 0 Å². The fourth-order valence-electron chi connectivity index (χ4n) is 1.21. The minimum absolute atomic E-state index is 0.0898. The van der Waals surface area contributed by atoms with E-state index < -0.39 is 9.84 Å². The first-order valence-corrected chi connectivity index (χ1v) is 8.44. The molecule has 0 aromatic carbocycles. The third-order valence-corrected chi connectivity index (χ3v) is 4.33. The van der Waals surface area contributed by atoms with Gasteiger partial charge in [0.1, 0.15) is 9.84 Å². The van der Waals surface area contributed by atoms with Crippen LogP contribution in [0.2, 0.25) is 0 Å². The summed E-state index contributed by atoms with van der Waals surface area (Å²) in [5, 5.41) is 6.82. The number of sulfone groups is 1. The van der Waals surface area contributed by atoms with Gasteiger partial charge in [0, 0.05) is 18.6 Å². The van der Waals surface area contributed by atoms with Crippen LogP contribution in [0.1, 0.15) is 19.8 Å². The molecule has 1 aromatic rings. The molecule has 8 heteroatoms. The summed E-state index contributed by atoms with van der Waals surface area (Å²) in [6.45, 7) is 2.66. The van der Waals surface area contributed by atoms with E-state index in [1.165, 1.54) is 18.0 Å². The van der Waals surface area contributed by atoms with Crippen molar-refractivity contribution in [3.05, 3.63) is 10.5 Å². The Morgan fingerprint density at radius 3 is 2.76 bits per heavy atom. The van der Waals surface area contributed by atoms with Crippen molar-refractivity contribution in [1.82, 2.24) is 14.8 Å². The number of rotatable bonds is 7. The van der Waals surface area contributed by atoms with Gasteiger partial charge in [0.25, 0.3) is 0 Å². The normalized spacial score (nSPS) is 11.9. The van der Waals surface area contributed by atoms with Crippen LogP contribution in [0.15, 0.2) is 9.95 Å². The molecule has 0 unspecified atom stereocenters. The van der Waals surface area contributed by atoms with Crippen molar-refractivity contribution in [2.45, 2.75) is 31.5 Å². The van der Waals surface area contributed by atoms with Gasteiger partial charge in [-0.2, -0.15) is 0 Å². The average molecular weight is 279 g/mol. The first-order valence-electron chi connectivity index (χ1n) is 5.39. The van der Waals surface area contributed by atoms with Crippen LogP contribution in [0.4, 0.5) is 0 Å². The fourth-order valence-corrected chi connectivity index (χ4v) is 3.38. The van der Waals surface area contributed by atoms with Gasteiger partial charge in [-0.05, 0) is 6.42 Å². The zero-order valence-electron chi connectivity index (χ0n) is 9.97. The Morgan fingerprint density at radius 2 is 2.18 bits per heavy atom. The lowest BCUT2D eigenvalue weighted by molar-refractivity contribution is 0.573. The summed E-state index contributed by atoms with van der Waals surface area (Å²) in [5.41, 5.74) is -0.236. The second-order valence-electron chi connectivity index (χ2n) is 3.79. The van der Waals surface area contributed by atoms with E-state index in [9.17, 15) is 13.2 Å². The number of H-pyrrole nitrogens is 1. The first-order chi connectivity index (χ1) is 7.94. The van der Waals surface area contributed by atoms with Gasteiger partial charge < -0.3 is 0 Å². The molecule has 0 atom stereocenters. The summed E-state index contributed by atoms with van der Waals surface area (Å²) >= 11 is 1.29. The molecule has 1 rings (SSSR count). The number of hydrogen-bond donors (Lipinski definition) is 1. The van der Waals surface area contributed by atoms with Crippen molar-refractivity contribution in [3.63, 3.8) is 0 Å². The Labute approximate surface area is 105 Å². The molecule has 1 N–H and O–H groups in total. The number of nitrogens with one attached hydrogen (secondary N) is 1. The summed E-state index contributed by atoms with van der Waals surface area (Å²) in [7, 11) is -2.96. The maximum Gasteiger partial charge on any atom is 0.343 e. The van der Waals surface area contributed by atoms with E-state index in [0.29, 0.717) is 17.5 Å². The maximum atomic E-state index is 11.4. The Hall–Kier alpha value is -0.760. The second-order valence-corrected chi connectivity index (χ2v) is 7.12. The fraction of sp³-hybridized carbons (Fsp3) is 0.778. The molecule has 0 spiro atoms. The van der Waals surface area contributed by atoms with Gasteiger partial charge in [-0.1, -0.05) is 25.1 Å². The zero-order chi connectivity index (χ0) is 12.9. The molecule has 0 saturated carbocycles. The third kappa shape index (κ3) is 4.95. The number of aromatic amines is 1. The maximum absolute atomic E-state index is 11.4. The van der Waals surface area contributed by atoms with Gasteiger partial charge in [0.15, 0.2) is 5.16 Å². The Bertz CT molecular complexity index is 504. The van der Waals surface area contributed by atoms with Crippen LogP contribution in [0.5, 0.6) is 0 Å². The van der Waals surface area contributed by atoms with Gasteiger partial charge in [-0.3, -0.25) is 4.57 Å². The van der Waals surface area contributed by atoms with Crippen LogP contribution >= 0.6 is 11.8 Å². The number of thioether (sulfide) groups is 1. The minimum Gasteiger partial charge on any atom is -0.270 e. The van der Waals surface area contributed by atoms with Crippen LogP contribution < -0.4 is 5.69 Å². The standard InChI is InChI=1S/C9H17N3O3S2/c1-3-4-5-12-8(13)10-11-9(12)16-6-7-17(2,14)15/h3-7H2,1-2H3,(H,10,13). The summed E-state index contributed by atoms with van der Waals surface area (Å²) in [4.78, 5) is 11.4. The van der Waals surface area contributed by atoms with E-state index in [-0.39, 0.29) is 11.4 Å². The molecular formula is C9H17N3O3S2. The molecule has 0 amide bonds. The molecule has 0 aliphatic carbocycles. The number of unbranched alkanes of at least 4 members (excludes halogenated alkanes) is 1. The lowest BCUT2D eigenvalue weighted by Crippen LogP contribution is -2.17. The SMILES string of the molecule is CCCCn1c(SCCS(C)(=O)=O)n[nH]c1=O. The largest absolute Gasteiger partial charge is 0.343 e. The molecular weight excluding hydrogens is 262 g/mol. The van der Waals surface area contributed by atoms with Gasteiger partial charge in [-0.25, -0.2) is 18.3 Å². The van der Waals surface area contributed by atoms with Crippen molar-refractivity contribution in [1.29, 1.82) is 0 Å². The highest BCUT2D eigenvalue weighted by molar-refractivity contribution is 8.00. The predicted octanol–water partition coefficient (Wildman–Crippen LogP) is 0.508. The Morgan fingerprint density at radius 1 is 1.47 bits per heavy atom. The monoisotopic (exact) mass is 279 g/mol. The third-order valence-electron chi connectivity index (χ3n) is 2.14. The van der Waals surface area contributed by atoms with E-state index in [0.717, 1.165) is 12.8 Å². The van der Waals surface area contributed by atoms with E-state index in [2.05, 4.69) is 10.2 Å². The number of hydrogen-bond acceptors (Lipinski definition) is 5. The summed E-state index contributed by atoms with van der Waals surface area (Å²) in [6, 6.07) is 0. The molecule has 1 aromatic heterocycles. The Balaban J connectivity index is 2.62. The molecule has 17 heavy (non-hydrogen) atoms. The van der Waals surface area contributed by atoms with E-state index >= 15 is 0 Å². The molecule has 0 fully saturated rings. The van der Waals surface area contributed by atoms with Crippen molar-refractivity contribution in [2.75, 3.05) is 17.8 Å². The molecule has 0 radical (unpaired) electrons. The smallest absolute Gasteiger partial charge is 0.270 e. The highest BCUT2D eigenvalue weighted by Gasteiger charge is 2.09. The van der Waals surface area contributed by atoms with Crippen LogP contribution in [0.25, 0.3) is 0 Å². The number of aromatic nitrogens is 3. The first kappa shape index (κ1) is 14.3. The topological polar surface area (TPSA) is 84.8 Å². The highest BCUT2D eigenvalue weighted by atomic mass is 32.2. The second kappa shape index (κ2) is 6.25. The van der Waals surface area contributed by atoms with Gasteiger partial charge >= 0.3 is 5.69 Å². The van der Waals surface area contributed by atoms with Crippen molar-refractivity contribution < 1.29 is 8.42 Å². The molecule has 0 aliphatic rings.